The molecule has 0 saturated heterocycles. The van der Waals surface area contributed by atoms with Crippen molar-refractivity contribution in [2.75, 3.05) is 5.32 Å². The van der Waals surface area contributed by atoms with E-state index in [2.05, 4.69) is 5.32 Å². The third-order valence-corrected chi connectivity index (χ3v) is 4.76. The van der Waals surface area contributed by atoms with Crippen molar-refractivity contribution < 1.29 is 23.2 Å². The molecule has 1 heterocycles. The summed E-state index contributed by atoms with van der Waals surface area (Å²) in [7, 11) is 0. The number of halogens is 2. The molecule has 5 nitrogen and oxygen atoms in total. The van der Waals surface area contributed by atoms with E-state index in [-0.39, 0.29) is 10.6 Å². The van der Waals surface area contributed by atoms with E-state index in [1.807, 2.05) is 6.07 Å². The van der Waals surface area contributed by atoms with E-state index in [0.717, 1.165) is 29.0 Å². The molecule has 3 rings (SSSR count). The van der Waals surface area contributed by atoms with Crippen LogP contribution in [0.5, 0.6) is 0 Å². The summed E-state index contributed by atoms with van der Waals surface area (Å²) in [5.74, 6) is -5.17. The highest BCUT2D eigenvalue weighted by Crippen LogP contribution is 2.35. The predicted molar refractivity (Wildman–Crippen MR) is 97.6 cm³/mol. The van der Waals surface area contributed by atoms with E-state index in [1.54, 1.807) is 24.3 Å². The molecule has 2 amide bonds. The third-order valence-electron chi connectivity index (χ3n) is 3.66. The highest BCUT2D eigenvalue weighted by Gasteiger charge is 2.23. The van der Waals surface area contributed by atoms with Gasteiger partial charge in [-0.25, -0.2) is 8.78 Å². The molecule has 0 atom stereocenters. The van der Waals surface area contributed by atoms with Crippen LogP contribution in [0.1, 0.15) is 20.7 Å². The average Bonchev–Trinajstić information content (AvgIpc) is 3.06. The van der Waals surface area contributed by atoms with E-state index < -0.39 is 34.8 Å². The van der Waals surface area contributed by atoms with Crippen molar-refractivity contribution in [3.63, 3.8) is 0 Å². The van der Waals surface area contributed by atoms with E-state index in [9.17, 15) is 23.2 Å². The van der Waals surface area contributed by atoms with Crippen molar-refractivity contribution in [2.45, 2.75) is 0 Å². The van der Waals surface area contributed by atoms with Crippen molar-refractivity contribution in [2.24, 2.45) is 5.73 Å². The van der Waals surface area contributed by atoms with Crippen LogP contribution in [0, 0.1) is 11.6 Å². The van der Waals surface area contributed by atoms with Crippen molar-refractivity contribution >= 4 is 33.9 Å². The first-order valence-electron chi connectivity index (χ1n) is 7.66. The lowest BCUT2D eigenvalue weighted by Gasteiger charge is -2.05. The monoisotopic (exact) mass is 386 g/mol. The molecule has 0 fully saturated rings. The van der Waals surface area contributed by atoms with Crippen LogP contribution in [0.4, 0.5) is 13.8 Å². The maximum Gasteiger partial charge on any atom is 0.297 e. The first-order valence-corrected chi connectivity index (χ1v) is 8.48. The fraction of sp³-hybridized carbons (Fsp3) is 0. The highest BCUT2D eigenvalue weighted by molar-refractivity contribution is 7.20. The molecule has 0 spiro atoms. The number of amides is 2. The predicted octanol–water partition coefficient (Wildman–Crippen LogP) is 3.61. The summed E-state index contributed by atoms with van der Waals surface area (Å²) in [6.07, 6.45) is 0. The van der Waals surface area contributed by atoms with Gasteiger partial charge in [0, 0.05) is 10.9 Å². The number of thiophene rings is 1. The molecular weight excluding hydrogens is 374 g/mol. The Balaban J connectivity index is 1.90. The van der Waals surface area contributed by atoms with Gasteiger partial charge in [0.2, 0.25) is 0 Å². The zero-order chi connectivity index (χ0) is 19.6. The number of carbonyl (C=O) groups excluding carboxylic acids is 3. The van der Waals surface area contributed by atoms with E-state index in [0.29, 0.717) is 10.9 Å². The number of Topliss-reactive ketones (excluding diaryl/α,β-unsaturated/α-hetero) is 1. The van der Waals surface area contributed by atoms with Crippen LogP contribution in [0.2, 0.25) is 0 Å². The summed E-state index contributed by atoms with van der Waals surface area (Å²) >= 11 is 1.05. The van der Waals surface area contributed by atoms with Gasteiger partial charge in [-0.3, -0.25) is 14.4 Å². The first-order chi connectivity index (χ1) is 12.9. The summed E-state index contributed by atoms with van der Waals surface area (Å²) < 4.78 is 26.7. The number of nitrogens with one attached hydrogen (secondary N) is 1. The molecule has 136 valence electrons. The molecule has 0 unspecified atom stereocenters. The summed E-state index contributed by atoms with van der Waals surface area (Å²) in [6, 6.07) is 12.8. The summed E-state index contributed by atoms with van der Waals surface area (Å²) in [4.78, 5) is 36.7. The van der Waals surface area contributed by atoms with Gasteiger partial charge in [0.25, 0.3) is 17.6 Å². The number of rotatable bonds is 5. The molecule has 0 radical (unpaired) electrons. The minimum Gasteiger partial charge on any atom is -0.366 e. The Labute approximate surface area is 156 Å². The number of carbonyl (C=O) groups is 3. The number of anilines is 1. The van der Waals surface area contributed by atoms with Crippen LogP contribution in [-0.2, 0) is 4.79 Å². The Bertz CT molecular complexity index is 1050. The summed E-state index contributed by atoms with van der Waals surface area (Å²) in [5.41, 5.74) is 5.59. The average molecular weight is 386 g/mol. The van der Waals surface area contributed by atoms with Gasteiger partial charge >= 0.3 is 0 Å². The molecule has 1 aromatic heterocycles. The van der Waals surface area contributed by atoms with E-state index in [4.69, 9.17) is 5.73 Å². The standard InChI is InChI=1S/C19H12F2N2O3S/c20-11-6-7-12(14(21)8-11)16(24)18(26)23-19-13(17(22)25)9-15(27-19)10-4-2-1-3-5-10/h1-9H,(H2,22,25)(H,23,26). The lowest BCUT2D eigenvalue weighted by molar-refractivity contribution is -0.112. The number of benzene rings is 2. The second-order valence-electron chi connectivity index (χ2n) is 5.49. The normalized spacial score (nSPS) is 10.4. The summed E-state index contributed by atoms with van der Waals surface area (Å²) in [6.45, 7) is 0. The second kappa shape index (κ2) is 7.46. The Morgan fingerprint density at radius 3 is 2.26 bits per heavy atom. The zero-order valence-electron chi connectivity index (χ0n) is 13.7. The SMILES string of the molecule is NC(=O)c1cc(-c2ccccc2)sc1NC(=O)C(=O)c1ccc(F)cc1F. The molecule has 0 aliphatic rings. The Morgan fingerprint density at radius 2 is 1.63 bits per heavy atom. The summed E-state index contributed by atoms with van der Waals surface area (Å²) in [5, 5.41) is 2.36. The Kier molecular flexibility index (Phi) is 5.09. The van der Waals surface area contributed by atoms with Gasteiger partial charge < -0.3 is 11.1 Å². The van der Waals surface area contributed by atoms with Crippen LogP contribution < -0.4 is 11.1 Å². The van der Waals surface area contributed by atoms with Crippen molar-refractivity contribution in [1.29, 1.82) is 0 Å². The van der Waals surface area contributed by atoms with E-state index >= 15 is 0 Å². The van der Waals surface area contributed by atoms with Crippen LogP contribution in [0.3, 0.4) is 0 Å². The molecule has 0 aliphatic carbocycles. The van der Waals surface area contributed by atoms with Crippen molar-refractivity contribution in [3.8, 4) is 10.4 Å². The van der Waals surface area contributed by atoms with Crippen LogP contribution in [0.15, 0.2) is 54.6 Å². The van der Waals surface area contributed by atoms with Gasteiger partial charge in [0.1, 0.15) is 16.6 Å². The molecule has 8 heteroatoms. The Morgan fingerprint density at radius 1 is 0.926 bits per heavy atom. The van der Waals surface area contributed by atoms with Crippen LogP contribution in [0.25, 0.3) is 10.4 Å². The zero-order valence-corrected chi connectivity index (χ0v) is 14.5. The molecule has 27 heavy (non-hydrogen) atoms. The molecule has 0 saturated carbocycles. The smallest absolute Gasteiger partial charge is 0.297 e. The molecule has 3 N–H and O–H groups in total. The minimum absolute atomic E-state index is 0.0274. The van der Waals surface area contributed by atoms with Gasteiger partial charge in [-0.05, 0) is 23.8 Å². The molecule has 0 bridgehead atoms. The number of ketones is 1. The van der Waals surface area contributed by atoms with Crippen LogP contribution in [-0.4, -0.2) is 17.6 Å². The minimum atomic E-state index is -1.20. The van der Waals surface area contributed by atoms with Crippen molar-refractivity contribution in [3.05, 3.63) is 77.4 Å². The lowest BCUT2D eigenvalue weighted by atomic mass is 10.1. The maximum absolute atomic E-state index is 13.7. The molecule has 2 aromatic carbocycles. The quantitative estimate of drug-likeness (QED) is 0.519. The van der Waals surface area contributed by atoms with Gasteiger partial charge in [0.15, 0.2) is 0 Å². The largest absolute Gasteiger partial charge is 0.366 e. The Hall–Kier alpha value is -3.39. The fourth-order valence-electron chi connectivity index (χ4n) is 2.37. The second-order valence-corrected chi connectivity index (χ2v) is 6.54. The van der Waals surface area contributed by atoms with Gasteiger partial charge in [0.05, 0.1) is 11.1 Å². The highest BCUT2D eigenvalue weighted by atomic mass is 32.1. The molecule has 3 aromatic rings. The maximum atomic E-state index is 13.7. The fourth-order valence-corrected chi connectivity index (χ4v) is 3.43. The number of primary amides is 1. The number of hydrogen-bond donors (Lipinski definition) is 2. The van der Waals surface area contributed by atoms with Gasteiger partial charge in [-0.1, -0.05) is 30.3 Å². The first kappa shape index (κ1) is 18.4. The number of nitrogens with two attached hydrogens (primary N) is 1. The lowest BCUT2D eigenvalue weighted by Crippen LogP contribution is -2.25. The van der Waals surface area contributed by atoms with Gasteiger partial charge in [-0.15, -0.1) is 11.3 Å². The van der Waals surface area contributed by atoms with E-state index in [1.165, 1.54) is 6.07 Å². The topological polar surface area (TPSA) is 89.3 Å². The number of hydrogen-bond acceptors (Lipinski definition) is 4. The van der Waals surface area contributed by atoms with Crippen molar-refractivity contribution in [1.82, 2.24) is 0 Å². The third kappa shape index (κ3) is 3.90. The van der Waals surface area contributed by atoms with Crippen LogP contribution >= 0.6 is 11.3 Å². The molecule has 0 aliphatic heterocycles. The molecular formula is C19H12F2N2O3S. The van der Waals surface area contributed by atoms with Gasteiger partial charge in [-0.2, -0.15) is 0 Å².